The van der Waals surface area contributed by atoms with E-state index in [0.29, 0.717) is 12.2 Å². The molecular weight excluding hydrogens is 292 g/mol. The van der Waals surface area contributed by atoms with Crippen LogP contribution in [0.25, 0.3) is 0 Å². The largest absolute Gasteiger partial charge is 0.355 e. The summed E-state index contributed by atoms with van der Waals surface area (Å²) in [5, 5.41) is 0. The molecule has 2 heterocycles. The van der Waals surface area contributed by atoms with Gasteiger partial charge in [0.1, 0.15) is 0 Å². The monoisotopic (exact) mass is 328 g/mol. The first kappa shape index (κ1) is 19.2. The Morgan fingerprint density at radius 1 is 0.652 bits per heavy atom. The molecule has 4 heteroatoms. The molecule has 23 heavy (non-hydrogen) atoms. The molecule has 2 saturated heterocycles. The topological polar surface area (TPSA) is 36.9 Å². The number of ether oxygens (including phenoxy) is 4. The van der Waals surface area contributed by atoms with Crippen LogP contribution >= 0.6 is 0 Å². The van der Waals surface area contributed by atoms with E-state index in [1.165, 1.54) is 32.1 Å². The van der Waals surface area contributed by atoms with E-state index in [1.807, 2.05) is 0 Å². The average Bonchev–Trinajstić information content (AvgIpc) is 2.50. The van der Waals surface area contributed by atoms with E-state index in [4.69, 9.17) is 18.9 Å². The zero-order chi connectivity index (χ0) is 17.1. The highest BCUT2D eigenvalue weighted by Gasteiger charge is 2.50. The molecular formula is C19H36O4. The van der Waals surface area contributed by atoms with Crippen molar-refractivity contribution >= 4 is 0 Å². The minimum absolute atomic E-state index is 0.0192. The SMILES string of the molecule is COC1OC(CCCCCCCC2OC(OC)C2(C)C)C1(C)C. The van der Waals surface area contributed by atoms with Crippen LogP contribution in [0.3, 0.4) is 0 Å². The van der Waals surface area contributed by atoms with Gasteiger partial charge in [-0.25, -0.2) is 0 Å². The first-order valence-electron chi connectivity index (χ1n) is 9.20. The second-order valence-electron chi connectivity index (χ2n) is 8.37. The smallest absolute Gasteiger partial charge is 0.165 e. The summed E-state index contributed by atoms with van der Waals surface area (Å²) in [5.74, 6) is 0. The van der Waals surface area contributed by atoms with Crippen LogP contribution in [0.15, 0.2) is 0 Å². The van der Waals surface area contributed by atoms with Gasteiger partial charge in [-0.2, -0.15) is 0 Å². The fourth-order valence-corrected chi connectivity index (χ4v) is 3.95. The van der Waals surface area contributed by atoms with Gasteiger partial charge < -0.3 is 18.9 Å². The van der Waals surface area contributed by atoms with Crippen LogP contribution in [-0.4, -0.2) is 39.0 Å². The maximum absolute atomic E-state index is 5.78. The summed E-state index contributed by atoms with van der Waals surface area (Å²) < 4.78 is 22.2. The Balaban J connectivity index is 1.47. The van der Waals surface area contributed by atoms with E-state index in [1.54, 1.807) is 14.2 Å². The van der Waals surface area contributed by atoms with Crippen molar-refractivity contribution in [1.82, 2.24) is 0 Å². The fourth-order valence-electron chi connectivity index (χ4n) is 3.95. The highest BCUT2D eigenvalue weighted by molar-refractivity contribution is 4.92. The standard InChI is InChI=1S/C19H36O4/c1-18(2)14(22-16(18)20-5)12-10-8-7-9-11-13-15-19(3,4)17(21-6)23-15/h14-17H,7-13H2,1-6H3. The second kappa shape index (κ2) is 7.81. The summed E-state index contributed by atoms with van der Waals surface area (Å²) in [5.41, 5.74) is 0.333. The molecule has 0 amide bonds. The quantitative estimate of drug-likeness (QED) is 0.553. The fraction of sp³-hybridized carbons (Fsp3) is 1.00. The van der Waals surface area contributed by atoms with Gasteiger partial charge in [0.15, 0.2) is 12.6 Å². The maximum atomic E-state index is 5.78. The molecule has 2 rings (SSSR count). The molecule has 4 unspecified atom stereocenters. The van der Waals surface area contributed by atoms with Crippen LogP contribution < -0.4 is 0 Å². The van der Waals surface area contributed by atoms with Gasteiger partial charge in [0, 0.05) is 25.0 Å². The lowest BCUT2D eigenvalue weighted by Gasteiger charge is -2.50. The van der Waals surface area contributed by atoms with Gasteiger partial charge in [-0.1, -0.05) is 59.8 Å². The summed E-state index contributed by atoms with van der Waals surface area (Å²) in [6.07, 6.45) is 9.40. The molecule has 0 saturated carbocycles. The molecule has 2 aliphatic heterocycles. The summed E-state index contributed by atoms with van der Waals surface area (Å²) in [6, 6.07) is 0. The van der Waals surface area contributed by atoms with Gasteiger partial charge in [0.2, 0.25) is 0 Å². The third kappa shape index (κ3) is 4.09. The van der Waals surface area contributed by atoms with Gasteiger partial charge >= 0.3 is 0 Å². The number of unbranched alkanes of at least 4 members (excludes halogenated alkanes) is 4. The lowest BCUT2D eigenvalue weighted by atomic mass is 9.77. The lowest BCUT2D eigenvalue weighted by molar-refractivity contribution is -0.334. The molecule has 4 nitrogen and oxygen atoms in total. The van der Waals surface area contributed by atoms with Crippen molar-refractivity contribution in [3.05, 3.63) is 0 Å². The van der Waals surface area contributed by atoms with E-state index in [2.05, 4.69) is 27.7 Å². The van der Waals surface area contributed by atoms with Gasteiger partial charge in [0.25, 0.3) is 0 Å². The van der Waals surface area contributed by atoms with Gasteiger partial charge in [-0.15, -0.1) is 0 Å². The predicted molar refractivity (Wildman–Crippen MR) is 91.2 cm³/mol. The van der Waals surface area contributed by atoms with Crippen molar-refractivity contribution in [2.45, 2.75) is 97.4 Å². The molecule has 0 spiro atoms. The van der Waals surface area contributed by atoms with Crippen molar-refractivity contribution in [3.63, 3.8) is 0 Å². The van der Waals surface area contributed by atoms with Crippen LogP contribution in [0.2, 0.25) is 0 Å². The lowest BCUT2D eigenvalue weighted by Crippen LogP contribution is -2.56. The van der Waals surface area contributed by atoms with E-state index in [-0.39, 0.29) is 23.4 Å². The normalized spacial score (nSPS) is 34.7. The summed E-state index contributed by atoms with van der Waals surface area (Å²) in [4.78, 5) is 0. The molecule has 0 aromatic heterocycles. The van der Waals surface area contributed by atoms with E-state index < -0.39 is 0 Å². The molecule has 0 aromatic rings. The average molecular weight is 328 g/mol. The zero-order valence-corrected chi connectivity index (χ0v) is 15.9. The Labute approximate surface area is 142 Å². The van der Waals surface area contributed by atoms with Crippen LogP contribution in [-0.2, 0) is 18.9 Å². The first-order chi connectivity index (χ1) is 10.8. The predicted octanol–water partition coefficient (Wildman–Crippen LogP) is 4.51. The number of rotatable bonds is 10. The molecule has 2 fully saturated rings. The Morgan fingerprint density at radius 3 is 1.30 bits per heavy atom. The molecule has 0 bridgehead atoms. The Bertz CT molecular complexity index is 332. The summed E-state index contributed by atoms with van der Waals surface area (Å²) in [6.45, 7) is 8.96. The highest BCUT2D eigenvalue weighted by Crippen LogP contribution is 2.44. The van der Waals surface area contributed by atoms with Crippen molar-refractivity contribution in [3.8, 4) is 0 Å². The van der Waals surface area contributed by atoms with Crippen LogP contribution in [0.5, 0.6) is 0 Å². The minimum Gasteiger partial charge on any atom is -0.355 e. The van der Waals surface area contributed by atoms with Gasteiger partial charge in [0.05, 0.1) is 12.2 Å². The highest BCUT2D eigenvalue weighted by atomic mass is 16.7. The van der Waals surface area contributed by atoms with E-state index in [0.717, 1.165) is 12.8 Å². The molecule has 4 atom stereocenters. The molecule has 136 valence electrons. The zero-order valence-electron chi connectivity index (χ0n) is 15.9. The van der Waals surface area contributed by atoms with Crippen LogP contribution in [0.1, 0.15) is 72.6 Å². The minimum atomic E-state index is -0.0192. The van der Waals surface area contributed by atoms with Crippen LogP contribution in [0.4, 0.5) is 0 Å². The third-order valence-corrected chi connectivity index (χ3v) is 5.81. The number of hydrogen-bond donors (Lipinski definition) is 0. The number of methoxy groups -OCH3 is 2. The molecule has 0 N–H and O–H groups in total. The first-order valence-corrected chi connectivity index (χ1v) is 9.20. The van der Waals surface area contributed by atoms with Crippen molar-refractivity contribution in [1.29, 1.82) is 0 Å². The van der Waals surface area contributed by atoms with E-state index in [9.17, 15) is 0 Å². The molecule has 0 aliphatic carbocycles. The van der Waals surface area contributed by atoms with Gasteiger partial charge in [-0.05, 0) is 12.8 Å². The molecule has 0 aromatic carbocycles. The Morgan fingerprint density at radius 2 is 1.00 bits per heavy atom. The Kier molecular flexibility index (Phi) is 6.51. The summed E-state index contributed by atoms with van der Waals surface area (Å²) >= 11 is 0. The van der Waals surface area contributed by atoms with Crippen LogP contribution in [0, 0.1) is 10.8 Å². The second-order valence-corrected chi connectivity index (χ2v) is 8.37. The van der Waals surface area contributed by atoms with Gasteiger partial charge in [-0.3, -0.25) is 0 Å². The van der Waals surface area contributed by atoms with Crippen molar-refractivity contribution in [2.75, 3.05) is 14.2 Å². The van der Waals surface area contributed by atoms with Crippen molar-refractivity contribution < 1.29 is 18.9 Å². The number of hydrogen-bond acceptors (Lipinski definition) is 4. The summed E-state index contributed by atoms with van der Waals surface area (Å²) in [7, 11) is 3.45. The van der Waals surface area contributed by atoms with E-state index >= 15 is 0 Å². The maximum Gasteiger partial charge on any atom is 0.165 e. The Hall–Kier alpha value is -0.160. The molecule has 0 radical (unpaired) electrons. The molecule has 2 aliphatic rings. The van der Waals surface area contributed by atoms with Crippen molar-refractivity contribution in [2.24, 2.45) is 10.8 Å². The third-order valence-electron chi connectivity index (χ3n) is 5.81.